The van der Waals surface area contributed by atoms with Gasteiger partial charge in [0, 0.05) is 5.02 Å². The second-order valence-electron chi connectivity index (χ2n) is 6.42. The molecule has 2 aromatic carbocycles. The Morgan fingerprint density at radius 2 is 1.62 bits per heavy atom. The number of aliphatic carboxylic acids is 1. The number of carboxylic acid groups (broad SMARTS) is 1. The third kappa shape index (κ3) is 3.71. The number of carbonyl (C=O) groups is 1. The molecule has 5 nitrogen and oxygen atoms in total. The number of halogens is 1. The third-order valence-corrected chi connectivity index (χ3v) is 7.56. The van der Waals surface area contributed by atoms with Crippen LogP contribution in [0.2, 0.25) is 5.02 Å². The van der Waals surface area contributed by atoms with Crippen LogP contribution in [0, 0.1) is 0 Å². The van der Waals surface area contributed by atoms with Crippen molar-refractivity contribution in [1.29, 1.82) is 0 Å². The Hall–Kier alpha value is -2.05. The molecule has 7 heteroatoms. The molecule has 0 bridgehead atoms. The molecule has 1 N–H and O–H groups in total. The molecule has 0 spiro atoms. The van der Waals surface area contributed by atoms with Gasteiger partial charge in [-0.1, -0.05) is 30.2 Å². The van der Waals surface area contributed by atoms with Crippen molar-refractivity contribution >= 4 is 27.4 Å². The smallest absolute Gasteiger partial charge is 0.305 e. The average molecular weight is 395 g/mol. The van der Waals surface area contributed by atoms with Crippen LogP contribution in [0.1, 0.15) is 31.2 Å². The zero-order valence-corrected chi connectivity index (χ0v) is 15.6. The van der Waals surface area contributed by atoms with E-state index in [0.717, 1.165) is 0 Å². The van der Waals surface area contributed by atoms with Crippen LogP contribution in [0.25, 0.3) is 0 Å². The van der Waals surface area contributed by atoms with Crippen LogP contribution in [-0.2, 0) is 19.4 Å². The molecule has 0 radical (unpaired) electrons. The number of rotatable bonds is 5. The number of ether oxygens (including phenoxy) is 1. The molecule has 1 aliphatic rings. The van der Waals surface area contributed by atoms with Crippen molar-refractivity contribution in [3.63, 3.8) is 0 Å². The molecule has 1 saturated heterocycles. The SMILES string of the molecule is O=C(O)CC1(c2ccc(Oc3ccc(Cl)cc3)cc2)CCCCS1(=O)=O. The molecule has 26 heavy (non-hydrogen) atoms. The van der Waals surface area contributed by atoms with E-state index in [9.17, 15) is 18.3 Å². The van der Waals surface area contributed by atoms with Crippen LogP contribution in [0.5, 0.6) is 11.5 Å². The molecule has 3 rings (SSSR count). The van der Waals surface area contributed by atoms with E-state index in [1.54, 1.807) is 48.5 Å². The van der Waals surface area contributed by atoms with Gasteiger partial charge >= 0.3 is 5.97 Å². The monoisotopic (exact) mass is 394 g/mol. The van der Waals surface area contributed by atoms with Gasteiger partial charge in [0.05, 0.1) is 12.2 Å². The van der Waals surface area contributed by atoms with E-state index in [-0.39, 0.29) is 5.75 Å². The summed E-state index contributed by atoms with van der Waals surface area (Å²) in [5.41, 5.74) is 0.503. The first-order valence-corrected chi connectivity index (χ1v) is 10.3. The highest BCUT2D eigenvalue weighted by Crippen LogP contribution is 2.43. The normalized spacial score (nSPS) is 21.9. The number of benzene rings is 2. The summed E-state index contributed by atoms with van der Waals surface area (Å²) in [6.07, 6.45) is 1.16. The van der Waals surface area contributed by atoms with E-state index in [1.807, 2.05) is 0 Å². The highest BCUT2D eigenvalue weighted by molar-refractivity contribution is 7.92. The van der Waals surface area contributed by atoms with E-state index in [2.05, 4.69) is 0 Å². The predicted octanol–water partition coefficient (Wildman–Crippen LogP) is 4.40. The fourth-order valence-electron chi connectivity index (χ4n) is 3.39. The van der Waals surface area contributed by atoms with Gasteiger partial charge in [-0.2, -0.15) is 0 Å². The van der Waals surface area contributed by atoms with E-state index < -0.39 is 27.0 Å². The van der Waals surface area contributed by atoms with Crippen molar-refractivity contribution in [2.24, 2.45) is 0 Å². The lowest BCUT2D eigenvalue weighted by atomic mass is 9.89. The number of hydrogen-bond donors (Lipinski definition) is 1. The minimum absolute atomic E-state index is 0.0172. The Morgan fingerprint density at radius 3 is 2.15 bits per heavy atom. The summed E-state index contributed by atoms with van der Waals surface area (Å²) >= 11 is 5.84. The van der Waals surface area contributed by atoms with Gasteiger partial charge in [0.1, 0.15) is 16.2 Å². The van der Waals surface area contributed by atoms with Crippen molar-refractivity contribution in [1.82, 2.24) is 0 Å². The average Bonchev–Trinajstić information content (AvgIpc) is 2.59. The first kappa shape index (κ1) is 18.7. The molecular formula is C19H19ClO5S. The van der Waals surface area contributed by atoms with Gasteiger partial charge in [0.25, 0.3) is 0 Å². The summed E-state index contributed by atoms with van der Waals surface area (Å²) in [6.45, 7) is 0. The van der Waals surface area contributed by atoms with Crippen molar-refractivity contribution in [3.8, 4) is 11.5 Å². The lowest BCUT2D eigenvalue weighted by Crippen LogP contribution is -2.42. The highest BCUT2D eigenvalue weighted by Gasteiger charge is 2.48. The second kappa shape index (κ2) is 7.29. The molecule has 138 valence electrons. The molecule has 1 aliphatic heterocycles. The summed E-state index contributed by atoms with van der Waals surface area (Å²) in [5, 5.41) is 9.90. The maximum Gasteiger partial charge on any atom is 0.305 e. The maximum atomic E-state index is 12.7. The van der Waals surface area contributed by atoms with Gasteiger partial charge in [-0.25, -0.2) is 8.42 Å². The molecule has 1 atom stereocenters. The molecule has 2 aromatic rings. The van der Waals surface area contributed by atoms with E-state index in [0.29, 0.717) is 41.3 Å². The van der Waals surface area contributed by atoms with Crippen LogP contribution in [0.15, 0.2) is 48.5 Å². The minimum Gasteiger partial charge on any atom is -0.481 e. The summed E-state index contributed by atoms with van der Waals surface area (Å²) in [5.74, 6) is 0.0444. The van der Waals surface area contributed by atoms with Crippen molar-refractivity contribution in [2.75, 3.05) is 5.75 Å². The van der Waals surface area contributed by atoms with Gasteiger partial charge in [-0.3, -0.25) is 4.79 Å². The first-order chi connectivity index (χ1) is 12.3. The molecule has 0 aromatic heterocycles. The van der Waals surface area contributed by atoms with Gasteiger partial charge in [-0.05, 0) is 54.8 Å². The highest BCUT2D eigenvalue weighted by atomic mass is 35.5. The van der Waals surface area contributed by atoms with Gasteiger partial charge in [0.2, 0.25) is 0 Å². The van der Waals surface area contributed by atoms with Crippen LogP contribution < -0.4 is 4.74 Å². The van der Waals surface area contributed by atoms with Crippen molar-refractivity contribution in [2.45, 2.75) is 30.4 Å². The van der Waals surface area contributed by atoms with E-state index in [1.165, 1.54) is 0 Å². The Kier molecular flexibility index (Phi) is 5.25. The maximum absolute atomic E-state index is 12.7. The second-order valence-corrected chi connectivity index (χ2v) is 9.28. The molecular weight excluding hydrogens is 376 g/mol. The lowest BCUT2D eigenvalue weighted by Gasteiger charge is -2.36. The van der Waals surface area contributed by atoms with Crippen LogP contribution >= 0.6 is 11.6 Å². The van der Waals surface area contributed by atoms with Crippen molar-refractivity contribution < 1.29 is 23.1 Å². The summed E-state index contributed by atoms with van der Waals surface area (Å²) in [4.78, 5) is 11.4. The van der Waals surface area contributed by atoms with Crippen LogP contribution in [0.3, 0.4) is 0 Å². The standard InChI is InChI=1S/C19H19ClO5S/c20-15-5-9-17(10-6-15)25-16-7-3-14(4-8-16)19(13-18(21)22)11-1-2-12-26(19,23)24/h3-10H,1-2,11-13H2,(H,21,22). The number of sulfone groups is 1. The minimum atomic E-state index is -3.55. The Balaban J connectivity index is 1.91. The zero-order valence-electron chi connectivity index (χ0n) is 14.0. The fraction of sp³-hybridized carbons (Fsp3) is 0.316. The van der Waals surface area contributed by atoms with E-state index in [4.69, 9.17) is 16.3 Å². The summed E-state index contributed by atoms with van der Waals surface area (Å²) in [7, 11) is -3.55. The topological polar surface area (TPSA) is 80.7 Å². The molecule has 1 unspecified atom stereocenters. The summed E-state index contributed by atoms with van der Waals surface area (Å²) < 4.78 is 29.8. The molecule has 0 saturated carbocycles. The molecule has 0 aliphatic carbocycles. The lowest BCUT2D eigenvalue weighted by molar-refractivity contribution is -0.137. The molecule has 1 heterocycles. The fourth-order valence-corrected chi connectivity index (χ4v) is 5.78. The number of hydrogen-bond acceptors (Lipinski definition) is 4. The van der Waals surface area contributed by atoms with Gasteiger partial charge in [0.15, 0.2) is 9.84 Å². The largest absolute Gasteiger partial charge is 0.481 e. The van der Waals surface area contributed by atoms with Gasteiger partial charge < -0.3 is 9.84 Å². The van der Waals surface area contributed by atoms with Crippen molar-refractivity contribution in [3.05, 3.63) is 59.1 Å². The Morgan fingerprint density at radius 1 is 1.04 bits per heavy atom. The van der Waals surface area contributed by atoms with E-state index >= 15 is 0 Å². The first-order valence-electron chi connectivity index (χ1n) is 8.30. The van der Waals surface area contributed by atoms with Crippen LogP contribution in [0.4, 0.5) is 0 Å². The Labute approximate surface area is 157 Å². The zero-order chi connectivity index (χ0) is 18.8. The summed E-state index contributed by atoms with van der Waals surface area (Å²) in [6, 6.07) is 13.5. The quantitative estimate of drug-likeness (QED) is 0.812. The molecule has 0 amide bonds. The van der Waals surface area contributed by atoms with Crippen LogP contribution in [-0.4, -0.2) is 25.2 Å². The third-order valence-electron chi connectivity index (χ3n) is 4.71. The van der Waals surface area contributed by atoms with Gasteiger partial charge in [-0.15, -0.1) is 0 Å². The number of carboxylic acids is 1. The predicted molar refractivity (Wildman–Crippen MR) is 99.5 cm³/mol. The Bertz CT molecular complexity index is 891. The molecule has 1 fully saturated rings.